The molecule has 0 unspecified atom stereocenters. The number of nitrogens with one attached hydrogen (secondary N) is 2. The fraction of sp³-hybridized carbons (Fsp3) is 0.650. The molecule has 2 fully saturated rings. The SMILES string of the molecule is CC(=O)NC1CCC(Nc2ccccc2OC[C@H]2CCCCO2)CC1. The molecule has 138 valence electrons. The smallest absolute Gasteiger partial charge is 0.217 e. The molecular weight excluding hydrogens is 316 g/mol. The highest BCUT2D eigenvalue weighted by Gasteiger charge is 2.22. The molecule has 2 N–H and O–H groups in total. The summed E-state index contributed by atoms with van der Waals surface area (Å²) in [6, 6.07) is 8.90. The first kappa shape index (κ1) is 18.1. The molecule has 1 amide bonds. The highest BCUT2D eigenvalue weighted by molar-refractivity contribution is 5.73. The summed E-state index contributed by atoms with van der Waals surface area (Å²) in [5.74, 6) is 0.973. The Labute approximate surface area is 150 Å². The largest absolute Gasteiger partial charge is 0.489 e. The summed E-state index contributed by atoms with van der Waals surface area (Å²) in [6.45, 7) is 3.06. The van der Waals surface area contributed by atoms with Gasteiger partial charge >= 0.3 is 0 Å². The van der Waals surface area contributed by atoms with E-state index >= 15 is 0 Å². The van der Waals surface area contributed by atoms with Crippen LogP contribution in [0.25, 0.3) is 0 Å². The van der Waals surface area contributed by atoms with Crippen LogP contribution in [0.15, 0.2) is 24.3 Å². The van der Waals surface area contributed by atoms with Crippen LogP contribution in [0.4, 0.5) is 5.69 Å². The Hall–Kier alpha value is -1.75. The molecule has 1 aromatic rings. The first-order valence-corrected chi connectivity index (χ1v) is 9.58. The predicted octanol–water partition coefficient (Wildman–Crippen LogP) is 3.49. The number of carbonyl (C=O) groups excluding carboxylic acids is 1. The molecule has 5 nitrogen and oxygen atoms in total. The van der Waals surface area contributed by atoms with E-state index in [2.05, 4.69) is 16.7 Å². The lowest BCUT2D eigenvalue weighted by molar-refractivity contribution is -0.119. The average Bonchev–Trinajstić information content (AvgIpc) is 2.63. The van der Waals surface area contributed by atoms with Crippen LogP contribution in [0.5, 0.6) is 5.75 Å². The Morgan fingerprint density at radius 3 is 2.60 bits per heavy atom. The molecule has 1 aliphatic heterocycles. The lowest BCUT2D eigenvalue weighted by Gasteiger charge is -2.30. The van der Waals surface area contributed by atoms with Crippen LogP contribution in [0.3, 0.4) is 0 Å². The molecule has 1 saturated carbocycles. The summed E-state index contributed by atoms with van der Waals surface area (Å²) in [4.78, 5) is 11.2. The van der Waals surface area contributed by atoms with E-state index in [1.165, 1.54) is 6.42 Å². The number of para-hydroxylation sites is 2. The van der Waals surface area contributed by atoms with Gasteiger partial charge < -0.3 is 20.1 Å². The predicted molar refractivity (Wildman–Crippen MR) is 99.0 cm³/mol. The van der Waals surface area contributed by atoms with Gasteiger partial charge in [-0.15, -0.1) is 0 Å². The molecule has 0 bridgehead atoms. The monoisotopic (exact) mass is 346 g/mol. The van der Waals surface area contributed by atoms with Gasteiger partial charge in [0.15, 0.2) is 0 Å². The summed E-state index contributed by atoms with van der Waals surface area (Å²) >= 11 is 0. The van der Waals surface area contributed by atoms with E-state index in [0.717, 1.165) is 56.6 Å². The first-order chi connectivity index (χ1) is 12.2. The molecule has 0 aromatic heterocycles. The topological polar surface area (TPSA) is 59.6 Å². The van der Waals surface area contributed by atoms with Gasteiger partial charge in [0.1, 0.15) is 12.4 Å². The fourth-order valence-corrected chi connectivity index (χ4v) is 3.72. The van der Waals surface area contributed by atoms with Crippen molar-refractivity contribution in [1.29, 1.82) is 0 Å². The molecule has 1 aliphatic carbocycles. The second-order valence-corrected chi connectivity index (χ2v) is 7.19. The van der Waals surface area contributed by atoms with Crippen molar-refractivity contribution in [3.8, 4) is 5.75 Å². The number of benzene rings is 1. The van der Waals surface area contributed by atoms with Crippen molar-refractivity contribution in [1.82, 2.24) is 5.32 Å². The molecule has 5 heteroatoms. The number of ether oxygens (including phenoxy) is 2. The van der Waals surface area contributed by atoms with E-state index in [-0.39, 0.29) is 12.0 Å². The van der Waals surface area contributed by atoms with Crippen molar-refractivity contribution in [3.63, 3.8) is 0 Å². The minimum atomic E-state index is 0.0695. The van der Waals surface area contributed by atoms with Crippen LogP contribution >= 0.6 is 0 Å². The Bertz CT molecular complexity index is 550. The van der Waals surface area contributed by atoms with Crippen molar-refractivity contribution in [2.45, 2.75) is 70.1 Å². The lowest BCUT2D eigenvalue weighted by atomic mass is 9.91. The van der Waals surface area contributed by atoms with Crippen molar-refractivity contribution in [2.75, 3.05) is 18.5 Å². The average molecular weight is 346 g/mol. The Kier molecular flexibility index (Phi) is 6.56. The van der Waals surface area contributed by atoms with Crippen molar-refractivity contribution in [3.05, 3.63) is 24.3 Å². The third-order valence-corrected chi connectivity index (χ3v) is 5.08. The van der Waals surface area contributed by atoms with Crippen molar-refractivity contribution < 1.29 is 14.3 Å². The number of hydrogen-bond acceptors (Lipinski definition) is 4. The zero-order valence-corrected chi connectivity index (χ0v) is 15.1. The number of anilines is 1. The standard InChI is InChI=1S/C20H30N2O3/c1-15(23)21-16-9-11-17(12-10-16)22-19-7-2-3-8-20(19)25-14-18-6-4-5-13-24-18/h2-3,7-8,16-18,22H,4-6,9-14H2,1H3,(H,21,23)/t16?,17?,18-/m1/s1. The molecule has 2 aliphatic rings. The molecule has 0 radical (unpaired) electrons. The second-order valence-electron chi connectivity index (χ2n) is 7.19. The van der Waals surface area contributed by atoms with Crippen LogP contribution in [0.1, 0.15) is 51.9 Å². The highest BCUT2D eigenvalue weighted by atomic mass is 16.5. The number of hydrogen-bond donors (Lipinski definition) is 2. The minimum absolute atomic E-state index is 0.0695. The molecule has 1 heterocycles. The molecular formula is C20H30N2O3. The highest BCUT2D eigenvalue weighted by Crippen LogP contribution is 2.29. The van der Waals surface area contributed by atoms with Crippen LogP contribution in [-0.2, 0) is 9.53 Å². The van der Waals surface area contributed by atoms with Crippen LogP contribution in [0.2, 0.25) is 0 Å². The molecule has 3 rings (SSSR count). The summed E-state index contributed by atoms with van der Waals surface area (Å²) in [6.07, 6.45) is 7.86. The van der Waals surface area contributed by atoms with Gasteiger partial charge in [-0.3, -0.25) is 4.79 Å². The molecule has 1 aromatic carbocycles. The molecule has 1 saturated heterocycles. The maximum atomic E-state index is 11.2. The van der Waals surface area contributed by atoms with E-state index in [9.17, 15) is 4.79 Å². The minimum Gasteiger partial charge on any atom is -0.489 e. The summed E-state index contributed by atoms with van der Waals surface area (Å²) in [5, 5.41) is 6.66. The summed E-state index contributed by atoms with van der Waals surface area (Å²) in [7, 11) is 0. The van der Waals surface area contributed by atoms with Gasteiger partial charge in [0, 0.05) is 25.6 Å². The van der Waals surface area contributed by atoms with Crippen LogP contribution in [-0.4, -0.2) is 37.3 Å². The quantitative estimate of drug-likeness (QED) is 0.828. The maximum Gasteiger partial charge on any atom is 0.217 e. The lowest BCUT2D eigenvalue weighted by Crippen LogP contribution is -2.39. The van der Waals surface area contributed by atoms with Crippen molar-refractivity contribution >= 4 is 11.6 Å². The number of amides is 1. The Morgan fingerprint density at radius 2 is 1.88 bits per heavy atom. The molecule has 0 spiro atoms. The van der Waals surface area contributed by atoms with Gasteiger partial charge in [0.25, 0.3) is 0 Å². The van der Waals surface area contributed by atoms with E-state index in [0.29, 0.717) is 18.7 Å². The molecule has 1 atom stereocenters. The van der Waals surface area contributed by atoms with Gasteiger partial charge in [-0.05, 0) is 57.1 Å². The third kappa shape index (κ3) is 5.63. The molecule has 25 heavy (non-hydrogen) atoms. The van der Waals surface area contributed by atoms with Gasteiger partial charge in [0.05, 0.1) is 11.8 Å². The third-order valence-electron chi connectivity index (χ3n) is 5.08. The van der Waals surface area contributed by atoms with E-state index < -0.39 is 0 Å². The van der Waals surface area contributed by atoms with Gasteiger partial charge in [-0.25, -0.2) is 0 Å². The van der Waals surface area contributed by atoms with Gasteiger partial charge in [-0.2, -0.15) is 0 Å². The Morgan fingerprint density at radius 1 is 1.12 bits per heavy atom. The van der Waals surface area contributed by atoms with Crippen molar-refractivity contribution in [2.24, 2.45) is 0 Å². The zero-order chi connectivity index (χ0) is 17.5. The van der Waals surface area contributed by atoms with Crippen LogP contribution < -0.4 is 15.4 Å². The number of carbonyl (C=O) groups is 1. The summed E-state index contributed by atoms with van der Waals surface area (Å²) in [5.41, 5.74) is 1.06. The van der Waals surface area contributed by atoms with Gasteiger partial charge in [-0.1, -0.05) is 12.1 Å². The van der Waals surface area contributed by atoms with Crippen LogP contribution in [0, 0.1) is 0 Å². The second kappa shape index (κ2) is 9.09. The van der Waals surface area contributed by atoms with E-state index in [1.807, 2.05) is 18.2 Å². The maximum absolute atomic E-state index is 11.2. The Balaban J connectivity index is 1.50. The summed E-state index contributed by atoms with van der Waals surface area (Å²) < 4.78 is 11.8. The first-order valence-electron chi connectivity index (χ1n) is 9.58. The van der Waals surface area contributed by atoms with Gasteiger partial charge in [0.2, 0.25) is 5.91 Å². The normalized spacial score (nSPS) is 26.7. The van der Waals surface area contributed by atoms with E-state index in [4.69, 9.17) is 9.47 Å². The van der Waals surface area contributed by atoms with E-state index in [1.54, 1.807) is 6.92 Å². The number of rotatable bonds is 6. The zero-order valence-electron chi connectivity index (χ0n) is 15.1. The fourth-order valence-electron chi connectivity index (χ4n) is 3.72.